The minimum atomic E-state index is 0.0229. The van der Waals surface area contributed by atoms with Gasteiger partial charge >= 0.3 is 0 Å². The number of hydrogen-bond donors (Lipinski definition) is 0. The molecule has 0 spiro atoms. The minimum Gasteiger partial charge on any atom is -0.350 e. The Labute approximate surface area is 62.7 Å². The predicted octanol–water partition coefficient (Wildman–Crippen LogP) is 1.18. The van der Waals surface area contributed by atoms with Gasteiger partial charge in [-0.15, -0.1) is 0 Å². The molecule has 1 saturated heterocycles. The molecule has 0 aromatic carbocycles. The van der Waals surface area contributed by atoms with Gasteiger partial charge in [0.2, 0.25) is 0 Å². The highest BCUT2D eigenvalue weighted by atomic mass is 127. The lowest BCUT2D eigenvalue weighted by Gasteiger charge is -2.01. The summed E-state index contributed by atoms with van der Waals surface area (Å²) in [5, 5.41) is 0. The maximum absolute atomic E-state index is 5.28. The Morgan fingerprint density at radius 1 is 1.75 bits per heavy atom. The van der Waals surface area contributed by atoms with E-state index in [1.165, 1.54) is 0 Å². The molecule has 2 nitrogen and oxygen atoms in total. The van der Waals surface area contributed by atoms with Crippen LogP contribution in [0.25, 0.3) is 0 Å². The summed E-state index contributed by atoms with van der Waals surface area (Å²) in [6, 6.07) is 0. The average molecular weight is 228 g/mol. The van der Waals surface area contributed by atoms with Crippen molar-refractivity contribution in [2.45, 2.75) is 19.3 Å². The van der Waals surface area contributed by atoms with Gasteiger partial charge in [-0.05, 0) is 6.92 Å². The van der Waals surface area contributed by atoms with Crippen molar-refractivity contribution in [2.24, 2.45) is 0 Å². The van der Waals surface area contributed by atoms with Gasteiger partial charge in [0.1, 0.15) is 0 Å². The highest BCUT2D eigenvalue weighted by Gasteiger charge is 2.20. The first-order valence-corrected chi connectivity index (χ1v) is 4.18. The van der Waals surface area contributed by atoms with Gasteiger partial charge in [0.25, 0.3) is 0 Å². The van der Waals surface area contributed by atoms with E-state index >= 15 is 0 Å². The molecule has 3 heteroatoms. The third-order valence-electron chi connectivity index (χ3n) is 1.07. The molecule has 0 aromatic rings. The highest BCUT2D eigenvalue weighted by Crippen LogP contribution is 2.11. The Morgan fingerprint density at radius 2 is 2.50 bits per heavy atom. The van der Waals surface area contributed by atoms with Gasteiger partial charge in [0, 0.05) is 4.43 Å². The molecule has 0 bridgehead atoms. The number of ether oxygens (including phenoxy) is 2. The summed E-state index contributed by atoms with van der Waals surface area (Å²) in [6.07, 6.45) is 0.361. The molecule has 1 aliphatic heterocycles. The lowest BCUT2D eigenvalue weighted by atomic mass is 10.5. The normalized spacial score (nSPS) is 38.2. The van der Waals surface area contributed by atoms with Crippen molar-refractivity contribution in [1.82, 2.24) is 0 Å². The van der Waals surface area contributed by atoms with Crippen LogP contribution in [0.5, 0.6) is 0 Å². The lowest BCUT2D eigenvalue weighted by molar-refractivity contribution is -0.0378. The van der Waals surface area contributed by atoms with Gasteiger partial charge in [-0.2, -0.15) is 0 Å². The Kier molecular flexibility index (Phi) is 2.52. The predicted molar refractivity (Wildman–Crippen MR) is 39.2 cm³/mol. The van der Waals surface area contributed by atoms with Gasteiger partial charge in [0.05, 0.1) is 12.7 Å². The van der Waals surface area contributed by atoms with E-state index in [2.05, 4.69) is 22.6 Å². The Morgan fingerprint density at radius 3 is 2.75 bits per heavy atom. The zero-order chi connectivity index (χ0) is 5.98. The first-order valence-electron chi connectivity index (χ1n) is 2.66. The fraction of sp³-hybridized carbons (Fsp3) is 1.00. The Bertz CT molecular complexity index is 76.8. The van der Waals surface area contributed by atoms with E-state index in [4.69, 9.17) is 9.47 Å². The number of alkyl halides is 1. The van der Waals surface area contributed by atoms with Crippen molar-refractivity contribution in [2.75, 3.05) is 11.0 Å². The van der Waals surface area contributed by atoms with E-state index in [-0.39, 0.29) is 6.29 Å². The van der Waals surface area contributed by atoms with Crippen LogP contribution in [-0.2, 0) is 9.47 Å². The second kappa shape index (κ2) is 2.98. The molecule has 8 heavy (non-hydrogen) atoms. The number of halogens is 1. The highest BCUT2D eigenvalue weighted by molar-refractivity contribution is 14.1. The quantitative estimate of drug-likeness (QED) is 0.495. The zero-order valence-corrected chi connectivity index (χ0v) is 6.92. The standard InChI is InChI=1S/C5H9IO2/c1-4-7-3-5(2-6)8-4/h4-5H,2-3H2,1H3/t4-,5+/m0/s1. The van der Waals surface area contributed by atoms with Crippen molar-refractivity contribution < 1.29 is 9.47 Å². The van der Waals surface area contributed by atoms with Crippen molar-refractivity contribution in [1.29, 1.82) is 0 Å². The van der Waals surface area contributed by atoms with Crippen molar-refractivity contribution in [3.63, 3.8) is 0 Å². The van der Waals surface area contributed by atoms with Crippen LogP contribution >= 0.6 is 22.6 Å². The number of rotatable bonds is 1. The largest absolute Gasteiger partial charge is 0.350 e. The molecule has 0 unspecified atom stereocenters. The van der Waals surface area contributed by atoms with Gasteiger partial charge in [-0.1, -0.05) is 22.6 Å². The van der Waals surface area contributed by atoms with Crippen LogP contribution in [0.15, 0.2) is 0 Å². The summed E-state index contributed by atoms with van der Waals surface area (Å²) < 4.78 is 11.4. The minimum absolute atomic E-state index is 0.0229. The lowest BCUT2D eigenvalue weighted by Crippen LogP contribution is -2.11. The molecule has 0 saturated carbocycles. The van der Waals surface area contributed by atoms with E-state index in [1.54, 1.807) is 0 Å². The summed E-state index contributed by atoms with van der Waals surface area (Å²) in [6.45, 7) is 2.69. The molecule has 0 aromatic heterocycles. The topological polar surface area (TPSA) is 18.5 Å². The Balaban J connectivity index is 2.22. The fourth-order valence-corrected chi connectivity index (χ4v) is 1.14. The first-order chi connectivity index (χ1) is 3.83. The second-order valence-corrected chi connectivity index (χ2v) is 2.69. The van der Waals surface area contributed by atoms with Crippen molar-refractivity contribution >= 4 is 22.6 Å². The molecule has 0 amide bonds. The van der Waals surface area contributed by atoms with Crippen LogP contribution < -0.4 is 0 Å². The monoisotopic (exact) mass is 228 g/mol. The average Bonchev–Trinajstić information content (AvgIpc) is 2.14. The van der Waals surface area contributed by atoms with Gasteiger partial charge in [-0.25, -0.2) is 0 Å². The van der Waals surface area contributed by atoms with Gasteiger partial charge < -0.3 is 9.47 Å². The molecular formula is C5H9IO2. The van der Waals surface area contributed by atoms with Crippen LogP contribution in [0.2, 0.25) is 0 Å². The smallest absolute Gasteiger partial charge is 0.155 e. The zero-order valence-electron chi connectivity index (χ0n) is 4.76. The first kappa shape index (κ1) is 6.77. The van der Waals surface area contributed by atoms with Crippen LogP contribution in [0.1, 0.15) is 6.92 Å². The summed E-state index contributed by atoms with van der Waals surface area (Å²) in [4.78, 5) is 0. The van der Waals surface area contributed by atoms with Gasteiger partial charge in [-0.3, -0.25) is 0 Å². The van der Waals surface area contributed by atoms with E-state index in [1.807, 2.05) is 6.92 Å². The molecule has 2 atom stereocenters. The third-order valence-corrected chi connectivity index (χ3v) is 2.06. The number of hydrogen-bond acceptors (Lipinski definition) is 2. The third kappa shape index (κ3) is 1.56. The maximum Gasteiger partial charge on any atom is 0.155 e. The van der Waals surface area contributed by atoms with E-state index < -0.39 is 0 Å². The Hall–Kier alpha value is 0.650. The molecule has 1 heterocycles. The summed E-state index contributed by atoms with van der Waals surface area (Å²) in [5.74, 6) is 0. The van der Waals surface area contributed by atoms with Crippen LogP contribution in [0.3, 0.4) is 0 Å². The molecule has 1 fully saturated rings. The van der Waals surface area contributed by atoms with Crippen molar-refractivity contribution in [3.8, 4) is 0 Å². The van der Waals surface area contributed by atoms with Crippen LogP contribution in [0.4, 0.5) is 0 Å². The SMILES string of the molecule is C[C@H]1OC[C@@H](CI)O1. The molecule has 0 radical (unpaired) electrons. The van der Waals surface area contributed by atoms with E-state index in [0.29, 0.717) is 6.10 Å². The van der Waals surface area contributed by atoms with Crippen LogP contribution in [0, 0.1) is 0 Å². The van der Waals surface area contributed by atoms with E-state index in [9.17, 15) is 0 Å². The summed E-state index contributed by atoms with van der Waals surface area (Å²) in [7, 11) is 0. The second-order valence-electron chi connectivity index (χ2n) is 1.81. The molecular weight excluding hydrogens is 219 g/mol. The van der Waals surface area contributed by atoms with E-state index in [0.717, 1.165) is 11.0 Å². The fourth-order valence-electron chi connectivity index (χ4n) is 0.673. The maximum atomic E-state index is 5.28. The van der Waals surface area contributed by atoms with Gasteiger partial charge in [0.15, 0.2) is 6.29 Å². The molecule has 48 valence electrons. The molecule has 0 N–H and O–H groups in total. The van der Waals surface area contributed by atoms with Crippen LogP contribution in [-0.4, -0.2) is 23.4 Å². The summed E-state index contributed by atoms with van der Waals surface area (Å²) in [5.41, 5.74) is 0. The summed E-state index contributed by atoms with van der Waals surface area (Å²) >= 11 is 2.29. The molecule has 1 aliphatic rings. The molecule has 1 rings (SSSR count). The van der Waals surface area contributed by atoms with Crippen molar-refractivity contribution in [3.05, 3.63) is 0 Å². The molecule has 0 aliphatic carbocycles.